The molecule has 19 heavy (non-hydrogen) atoms. The van der Waals surface area contributed by atoms with E-state index in [0.717, 1.165) is 5.69 Å². The molecule has 0 fully saturated rings. The van der Waals surface area contributed by atoms with Gasteiger partial charge in [0.25, 0.3) is 0 Å². The first kappa shape index (κ1) is 17.9. The number of nitrogens with two attached hydrogens (primary N) is 1. The lowest BCUT2D eigenvalue weighted by Crippen LogP contribution is -2.17. The van der Waals surface area contributed by atoms with Gasteiger partial charge < -0.3 is 11.1 Å². The van der Waals surface area contributed by atoms with E-state index in [1.54, 1.807) is 0 Å². The van der Waals surface area contributed by atoms with E-state index in [-0.39, 0.29) is 18.3 Å². The highest BCUT2D eigenvalue weighted by Crippen LogP contribution is 2.28. The van der Waals surface area contributed by atoms with Crippen molar-refractivity contribution < 1.29 is 4.79 Å². The normalized spacial score (nSPS) is 10.5. The average molecular weight is 285 g/mol. The molecule has 0 saturated heterocycles. The van der Waals surface area contributed by atoms with Crippen LogP contribution >= 0.6 is 12.4 Å². The number of carbonyl (C=O) groups is 1. The summed E-state index contributed by atoms with van der Waals surface area (Å²) in [7, 11) is 0. The van der Waals surface area contributed by atoms with E-state index in [0.29, 0.717) is 24.8 Å². The monoisotopic (exact) mass is 284 g/mol. The fourth-order valence-electron chi connectivity index (χ4n) is 1.88. The Hall–Kier alpha value is -1.06. The number of anilines is 1. The van der Waals surface area contributed by atoms with E-state index in [2.05, 4.69) is 45.1 Å². The highest BCUT2D eigenvalue weighted by molar-refractivity contribution is 5.91. The topological polar surface area (TPSA) is 55.1 Å². The predicted molar refractivity (Wildman–Crippen MR) is 84.2 cm³/mol. The van der Waals surface area contributed by atoms with Crippen LogP contribution in [0, 0.1) is 0 Å². The zero-order valence-corrected chi connectivity index (χ0v) is 13.0. The maximum atomic E-state index is 11.6. The Morgan fingerprint density at radius 3 is 2.32 bits per heavy atom. The number of benzene rings is 1. The third-order valence-electron chi connectivity index (χ3n) is 3.01. The van der Waals surface area contributed by atoms with Crippen LogP contribution in [0.3, 0.4) is 0 Å². The molecule has 0 radical (unpaired) electrons. The Balaban J connectivity index is 0.00000324. The molecule has 0 aliphatic heterocycles. The standard InChI is InChI=1S/C15H24N2O.ClH/c1-10(2)12-5-6-14(13(9-12)11(3)4)17-15(18)7-8-16;/h5-6,9-11H,7-8,16H2,1-4H3,(H,17,18);1H. The lowest BCUT2D eigenvalue weighted by Gasteiger charge is -2.17. The minimum absolute atomic E-state index is 0. The molecule has 0 heterocycles. The highest BCUT2D eigenvalue weighted by atomic mass is 35.5. The lowest BCUT2D eigenvalue weighted by atomic mass is 9.94. The van der Waals surface area contributed by atoms with Crippen molar-refractivity contribution in [1.29, 1.82) is 0 Å². The Morgan fingerprint density at radius 1 is 1.21 bits per heavy atom. The van der Waals surface area contributed by atoms with Crippen LogP contribution in [0.4, 0.5) is 5.69 Å². The second-order valence-electron chi connectivity index (χ2n) is 5.24. The summed E-state index contributed by atoms with van der Waals surface area (Å²) in [6.07, 6.45) is 0.365. The molecule has 0 aliphatic rings. The molecule has 108 valence electrons. The van der Waals surface area contributed by atoms with E-state index in [1.165, 1.54) is 11.1 Å². The summed E-state index contributed by atoms with van der Waals surface area (Å²) in [6.45, 7) is 9.00. The Morgan fingerprint density at radius 2 is 1.84 bits per heavy atom. The van der Waals surface area contributed by atoms with Gasteiger partial charge in [0.15, 0.2) is 0 Å². The van der Waals surface area contributed by atoms with Crippen molar-refractivity contribution in [3.63, 3.8) is 0 Å². The second-order valence-corrected chi connectivity index (χ2v) is 5.24. The molecular formula is C15H25ClN2O. The Bertz CT molecular complexity index is 417. The first-order chi connectivity index (χ1) is 8.45. The summed E-state index contributed by atoms with van der Waals surface area (Å²) >= 11 is 0. The third kappa shape index (κ3) is 5.21. The summed E-state index contributed by atoms with van der Waals surface area (Å²) in [4.78, 5) is 11.6. The Kier molecular flexibility index (Phi) is 7.72. The van der Waals surface area contributed by atoms with Gasteiger partial charge in [-0.3, -0.25) is 4.79 Å². The molecule has 0 aliphatic carbocycles. The smallest absolute Gasteiger partial charge is 0.225 e. The number of carbonyl (C=O) groups excluding carboxylic acids is 1. The van der Waals surface area contributed by atoms with Gasteiger partial charge in [0.1, 0.15) is 0 Å². The number of rotatable bonds is 5. The summed E-state index contributed by atoms with van der Waals surface area (Å²) in [5.74, 6) is 0.866. The largest absolute Gasteiger partial charge is 0.330 e. The number of hydrogen-bond acceptors (Lipinski definition) is 2. The van der Waals surface area contributed by atoms with Crippen LogP contribution in [0.2, 0.25) is 0 Å². The zero-order chi connectivity index (χ0) is 13.7. The summed E-state index contributed by atoms with van der Waals surface area (Å²) in [5, 5.41) is 2.94. The number of nitrogens with one attached hydrogen (secondary N) is 1. The maximum Gasteiger partial charge on any atom is 0.225 e. The van der Waals surface area contributed by atoms with Crippen molar-refractivity contribution in [1.82, 2.24) is 0 Å². The van der Waals surface area contributed by atoms with E-state index in [9.17, 15) is 4.79 Å². The molecule has 0 bridgehead atoms. The Labute approximate surface area is 122 Å². The fourth-order valence-corrected chi connectivity index (χ4v) is 1.88. The lowest BCUT2D eigenvalue weighted by molar-refractivity contribution is -0.116. The number of hydrogen-bond donors (Lipinski definition) is 2. The van der Waals surface area contributed by atoms with Crippen LogP contribution < -0.4 is 11.1 Å². The van der Waals surface area contributed by atoms with E-state index < -0.39 is 0 Å². The zero-order valence-electron chi connectivity index (χ0n) is 12.2. The summed E-state index contributed by atoms with van der Waals surface area (Å²) in [6, 6.07) is 6.26. The number of halogens is 1. The van der Waals surface area contributed by atoms with Crippen molar-refractivity contribution in [2.24, 2.45) is 5.73 Å². The summed E-state index contributed by atoms with van der Waals surface area (Å²) < 4.78 is 0. The van der Waals surface area contributed by atoms with Crippen molar-refractivity contribution in [3.8, 4) is 0 Å². The molecule has 3 nitrogen and oxygen atoms in total. The molecular weight excluding hydrogens is 260 g/mol. The van der Waals surface area contributed by atoms with Crippen LogP contribution in [0.25, 0.3) is 0 Å². The van der Waals surface area contributed by atoms with Gasteiger partial charge in [0.2, 0.25) is 5.91 Å². The minimum Gasteiger partial charge on any atom is -0.330 e. The highest BCUT2D eigenvalue weighted by Gasteiger charge is 2.11. The third-order valence-corrected chi connectivity index (χ3v) is 3.01. The van der Waals surface area contributed by atoms with Crippen molar-refractivity contribution in [2.45, 2.75) is 46.0 Å². The molecule has 1 amide bonds. The molecule has 1 aromatic rings. The molecule has 0 spiro atoms. The number of amides is 1. The second kappa shape index (κ2) is 8.18. The molecule has 0 aromatic heterocycles. The molecule has 0 atom stereocenters. The van der Waals surface area contributed by atoms with Gasteiger partial charge in [0, 0.05) is 18.7 Å². The van der Waals surface area contributed by atoms with Gasteiger partial charge in [-0.2, -0.15) is 0 Å². The minimum atomic E-state index is -0.0169. The molecule has 4 heteroatoms. The first-order valence-electron chi connectivity index (χ1n) is 6.59. The molecule has 1 aromatic carbocycles. The molecule has 3 N–H and O–H groups in total. The van der Waals surface area contributed by atoms with Crippen LogP contribution in [0.15, 0.2) is 18.2 Å². The average Bonchev–Trinajstić information content (AvgIpc) is 2.29. The SMILES string of the molecule is CC(C)c1ccc(NC(=O)CCN)c(C(C)C)c1.Cl. The van der Waals surface area contributed by atoms with Gasteiger partial charge in [-0.15, -0.1) is 12.4 Å². The van der Waals surface area contributed by atoms with Gasteiger partial charge >= 0.3 is 0 Å². The first-order valence-corrected chi connectivity index (χ1v) is 6.59. The van der Waals surface area contributed by atoms with Crippen molar-refractivity contribution in [3.05, 3.63) is 29.3 Å². The van der Waals surface area contributed by atoms with Gasteiger partial charge in [-0.05, 0) is 29.0 Å². The molecule has 0 saturated carbocycles. The molecule has 0 unspecified atom stereocenters. The fraction of sp³-hybridized carbons (Fsp3) is 0.533. The van der Waals surface area contributed by atoms with Crippen molar-refractivity contribution in [2.75, 3.05) is 11.9 Å². The van der Waals surface area contributed by atoms with E-state index >= 15 is 0 Å². The van der Waals surface area contributed by atoms with E-state index in [4.69, 9.17) is 5.73 Å². The summed E-state index contributed by atoms with van der Waals surface area (Å²) in [5.41, 5.74) is 8.78. The van der Waals surface area contributed by atoms with Crippen molar-refractivity contribution >= 4 is 24.0 Å². The van der Waals surface area contributed by atoms with Gasteiger partial charge in [-0.1, -0.05) is 39.8 Å². The van der Waals surface area contributed by atoms with Crippen LogP contribution in [0.1, 0.15) is 57.1 Å². The van der Waals surface area contributed by atoms with Crippen LogP contribution in [-0.4, -0.2) is 12.5 Å². The quantitative estimate of drug-likeness (QED) is 0.867. The maximum absolute atomic E-state index is 11.6. The van der Waals surface area contributed by atoms with Gasteiger partial charge in [0.05, 0.1) is 0 Å². The molecule has 1 rings (SSSR count). The van der Waals surface area contributed by atoms with Crippen LogP contribution in [-0.2, 0) is 4.79 Å². The van der Waals surface area contributed by atoms with E-state index in [1.807, 2.05) is 6.07 Å². The predicted octanol–water partition coefficient (Wildman–Crippen LogP) is 3.64. The van der Waals surface area contributed by atoms with Gasteiger partial charge in [-0.25, -0.2) is 0 Å². The van der Waals surface area contributed by atoms with Crippen LogP contribution in [0.5, 0.6) is 0 Å².